The maximum Gasteiger partial charge on any atom is 0.362 e. The van der Waals surface area contributed by atoms with Gasteiger partial charge in [-0.05, 0) is 49.6 Å². The van der Waals surface area contributed by atoms with Crippen molar-refractivity contribution in [2.45, 2.75) is 38.5 Å². The van der Waals surface area contributed by atoms with Gasteiger partial charge in [0.05, 0.1) is 30.0 Å². The summed E-state index contributed by atoms with van der Waals surface area (Å²) >= 11 is 6.18. The Kier molecular flexibility index (Phi) is 8.18. The van der Waals surface area contributed by atoms with Crippen molar-refractivity contribution in [2.75, 3.05) is 13.2 Å². The summed E-state index contributed by atoms with van der Waals surface area (Å²) in [6.45, 7) is 7.31. The second-order valence-electron chi connectivity index (χ2n) is 7.61. The number of carbonyl (C=O) groups excluding carboxylic acids is 1. The highest BCUT2D eigenvalue weighted by Gasteiger charge is 2.28. The van der Waals surface area contributed by atoms with Crippen molar-refractivity contribution in [2.24, 2.45) is 0 Å². The first-order valence-corrected chi connectivity index (χ1v) is 12.6. The normalized spacial score (nSPS) is 11.4. The number of para-hydroxylation sites is 1. The van der Waals surface area contributed by atoms with E-state index in [0.29, 0.717) is 0 Å². The molecule has 0 amide bonds. The number of hydrogen-bond donors (Lipinski definition) is 0. The molecular weight excluding hydrogens is 496 g/mol. The van der Waals surface area contributed by atoms with Crippen LogP contribution in [0.5, 0.6) is 11.5 Å². The number of nitrogens with zero attached hydrogens (tertiary/aromatic N) is 2. The Hall–Kier alpha value is -3.37. The predicted molar refractivity (Wildman–Crippen MR) is 130 cm³/mol. The summed E-state index contributed by atoms with van der Waals surface area (Å²) in [7, 11) is -4.54. The average Bonchev–Trinajstić information content (AvgIpc) is 2.80. The van der Waals surface area contributed by atoms with E-state index >= 15 is 0 Å². The number of hydrogen-bond acceptors (Lipinski definition) is 8. The van der Waals surface area contributed by atoms with Crippen LogP contribution in [0.25, 0.3) is 5.69 Å². The molecule has 0 aliphatic rings. The lowest BCUT2D eigenvalue weighted by atomic mass is 10.0. The molecular formula is C24H25ClN2O7S. The van der Waals surface area contributed by atoms with Gasteiger partial charge in [0, 0.05) is 0 Å². The van der Waals surface area contributed by atoms with E-state index in [1.165, 1.54) is 18.2 Å². The van der Waals surface area contributed by atoms with Gasteiger partial charge in [-0.2, -0.15) is 18.2 Å². The molecule has 11 heteroatoms. The Labute approximate surface area is 208 Å². The summed E-state index contributed by atoms with van der Waals surface area (Å²) in [5, 5.41) is 4.23. The molecule has 0 aliphatic carbocycles. The summed E-state index contributed by atoms with van der Waals surface area (Å²) in [4.78, 5) is 25.3. The lowest BCUT2D eigenvalue weighted by Crippen LogP contribution is -2.26. The van der Waals surface area contributed by atoms with E-state index in [0.717, 1.165) is 16.3 Å². The number of aromatic nitrogens is 2. The fourth-order valence-corrected chi connectivity index (χ4v) is 4.48. The summed E-state index contributed by atoms with van der Waals surface area (Å²) in [5.74, 6) is -1.45. The highest BCUT2D eigenvalue weighted by atomic mass is 35.5. The summed E-state index contributed by atoms with van der Waals surface area (Å²) in [6.07, 6.45) is 0. The molecule has 0 radical (unpaired) electrons. The first-order valence-electron chi connectivity index (χ1n) is 10.9. The van der Waals surface area contributed by atoms with Crippen molar-refractivity contribution in [3.8, 4) is 17.2 Å². The Balaban J connectivity index is 2.17. The van der Waals surface area contributed by atoms with Gasteiger partial charge in [-0.3, -0.25) is 4.79 Å². The number of esters is 1. The maximum absolute atomic E-state index is 13.3. The second kappa shape index (κ2) is 10.9. The molecule has 0 aliphatic heterocycles. The second-order valence-corrected chi connectivity index (χ2v) is 9.53. The van der Waals surface area contributed by atoms with Gasteiger partial charge in [0.25, 0.3) is 5.56 Å². The minimum Gasteiger partial charge on any atom is -0.492 e. The van der Waals surface area contributed by atoms with E-state index in [-0.39, 0.29) is 40.5 Å². The highest BCUT2D eigenvalue weighted by Crippen LogP contribution is 2.31. The molecule has 0 atom stereocenters. The average molecular weight is 521 g/mol. The maximum atomic E-state index is 13.3. The Bertz CT molecular complexity index is 1400. The summed E-state index contributed by atoms with van der Waals surface area (Å²) in [5.41, 5.74) is -0.346. The molecule has 0 saturated heterocycles. The Morgan fingerprint density at radius 2 is 1.77 bits per heavy atom. The van der Waals surface area contributed by atoms with Gasteiger partial charge >= 0.3 is 16.1 Å². The van der Waals surface area contributed by atoms with Gasteiger partial charge in [-0.25, -0.2) is 4.79 Å². The van der Waals surface area contributed by atoms with E-state index in [2.05, 4.69) is 5.10 Å². The molecule has 3 rings (SSSR count). The zero-order chi connectivity index (χ0) is 25.8. The molecule has 1 heterocycles. The third-order valence-electron chi connectivity index (χ3n) is 4.85. The van der Waals surface area contributed by atoms with Crippen LogP contribution >= 0.6 is 11.6 Å². The minimum absolute atomic E-state index is 0.0111. The third-order valence-corrected chi connectivity index (χ3v) is 6.43. The van der Waals surface area contributed by atoms with Gasteiger partial charge in [-0.15, -0.1) is 0 Å². The molecule has 0 N–H and O–H groups in total. The largest absolute Gasteiger partial charge is 0.492 e. The van der Waals surface area contributed by atoms with Crippen LogP contribution in [-0.4, -0.2) is 37.4 Å². The van der Waals surface area contributed by atoms with Crippen LogP contribution in [0.15, 0.2) is 58.2 Å². The number of halogens is 1. The number of benzene rings is 2. The molecule has 0 bridgehead atoms. The van der Waals surface area contributed by atoms with Gasteiger partial charge in [0.1, 0.15) is 10.6 Å². The van der Waals surface area contributed by atoms with Crippen molar-refractivity contribution in [3.05, 3.63) is 75.2 Å². The van der Waals surface area contributed by atoms with Gasteiger partial charge < -0.3 is 13.7 Å². The summed E-state index contributed by atoms with van der Waals surface area (Å²) < 4.78 is 43.3. The minimum atomic E-state index is -4.54. The molecule has 35 heavy (non-hydrogen) atoms. The summed E-state index contributed by atoms with van der Waals surface area (Å²) in [6, 6.07) is 11.9. The van der Waals surface area contributed by atoms with E-state index in [1.54, 1.807) is 38.1 Å². The first kappa shape index (κ1) is 26.2. The molecule has 0 saturated carbocycles. The molecule has 9 nitrogen and oxygen atoms in total. The zero-order valence-electron chi connectivity index (χ0n) is 19.6. The van der Waals surface area contributed by atoms with Gasteiger partial charge in [-0.1, -0.05) is 43.6 Å². The molecule has 0 unspecified atom stereocenters. The van der Waals surface area contributed by atoms with Crippen molar-refractivity contribution in [3.63, 3.8) is 0 Å². The predicted octanol–water partition coefficient (Wildman–Crippen LogP) is 4.35. The van der Waals surface area contributed by atoms with Crippen LogP contribution < -0.4 is 14.5 Å². The van der Waals surface area contributed by atoms with Crippen LogP contribution in [0.1, 0.15) is 49.7 Å². The van der Waals surface area contributed by atoms with Crippen molar-refractivity contribution in [1.29, 1.82) is 0 Å². The molecule has 2 aromatic carbocycles. The Morgan fingerprint density at radius 1 is 1.06 bits per heavy atom. The molecule has 1 aromatic heterocycles. The van der Waals surface area contributed by atoms with Crippen molar-refractivity contribution >= 4 is 27.7 Å². The SMILES string of the molecule is CCOC(=O)c1nn(-c2ccccc2Cl)c(=O)cc1OS(=O)(=O)c1cc(C(C)C)ccc1OCC. The first-order chi connectivity index (χ1) is 16.6. The molecule has 0 fully saturated rings. The van der Waals surface area contributed by atoms with Gasteiger partial charge in [0.2, 0.25) is 5.69 Å². The Morgan fingerprint density at radius 3 is 2.40 bits per heavy atom. The zero-order valence-corrected chi connectivity index (χ0v) is 21.2. The monoisotopic (exact) mass is 520 g/mol. The van der Waals surface area contributed by atoms with Crippen molar-refractivity contribution < 1.29 is 26.9 Å². The van der Waals surface area contributed by atoms with Crippen LogP contribution in [0.4, 0.5) is 0 Å². The van der Waals surface area contributed by atoms with Crippen LogP contribution in [-0.2, 0) is 14.9 Å². The number of ether oxygens (including phenoxy) is 2. The van der Waals surface area contributed by atoms with E-state index < -0.39 is 33.1 Å². The topological polar surface area (TPSA) is 114 Å². The van der Waals surface area contributed by atoms with Crippen LogP contribution in [0.3, 0.4) is 0 Å². The number of rotatable bonds is 9. The quantitative estimate of drug-likeness (QED) is 0.302. The smallest absolute Gasteiger partial charge is 0.362 e. The fourth-order valence-electron chi connectivity index (χ4n) is 3.16. The van der Waals surface area contributed by atoms with E-state index in [1.807, 2.05) is 13.8 Å². The van der Waals surface area contributed by atoms with Crippen molar-refractivity contribution in [1.82, 2.24) is 9.78 Å². The lowest BCUT2D eigenvalue weighted by Gasteiger charge is -2.16. The third kappa shape index (κ3) is 5.83. The van der Waals surface area contributed by atoms with E-state index in [4.69, 9.17) is 25.3 Å². The van der Waals surface area contributed by atoms with Gasteiger partial charge in [0.15, 0.2) is 5.75 Å². The fraction of sp³-hybridized carbons (Fsp3) is 0.292. The standard InChI is InChI=1S/C24H25ClN2O7S/c1-5-32-19-12-11-16(15(3)4)13-21(19)35(30,31)34-20-14-22(28)27(18-10-8-7-9-17(18)25)26-23(20)24(29)33-6-2/h7-15H,5-6H2,1-4H3. The number of carbonyl (C=O) groups is 1. The molecule has 0 spiro atoms. The van der Waals surface area contributed by atoms with Crippen LogP contribution in [0.2, 0.25) is 5.02 Å². The lowest BCUT2D eigenvalue weighted by molar-refractivity contribution is 0.0515. The molecule has 186 valence electrons. The van der Waals surface area contributed by atoms with E-state index in [9.17, 15) is 18.0 Å². The highest BCUT2D eigenvalue weighted by molar-refractivity contribution is 7.87. The van der Waals surface area contributed by atoms with Crippen LogP contribution in [0, 0.1) is 0 Å². The molecule has 3 aromatic rings.